The third kappa shape index (κ3) is 3.33. The van der Waals surface area contributed by atoms with Crippen LogP contribution in [0.2, 0.25) is 0 Å². The molecule has 3 heterocycles. The van der Waals surface area contributed by atoms with Crippen molar-refractivity contribution < 1.29 is 14.1 Å². The molecule has 1 amide bonds. The molecule has 1 aliphatic rings. The summed E-state index contributed by atoms with van der Waals surface area (Å²) in [5, 5.41) is 3.93. The smallest absolute Gasteiger partial charge is 0.246 e. The Kier molecular flexibility index (Phi) is 4.19. The van der Waals surface area contributed by atoms with E-state index in [0.717, 1.165) is 5.56 Å². The van der Waals surface area contributed by atoms with Gasteiger partial charge in [0.15, 0.2) is 5.12 Å². The Hall–Kier alpha value is -2.22. The summed E-state index contributed by atoms with van der Waals surface area (Å²) in [7, 11) is 0. The fourth-order valence-corrected chi connectivity index (χ4v) is 3.25. The minimum atomic E-state index is -0.000113. The van der Waals surface area contributed by atoms with Crippen molar-refractivity contribution in [2.75, 3.05) is 6.54 Å². The second-order valence-electron chi connectivity index (χ2n) is 4.96. The van der Waals surface area contributed by atoms with Gasteiger partial charge in [0.1, 0.15) is 6.54 Å². The molecule has 0 bridgehead atoms. The molecule has 8 heteroatoms. The highest BCUT2D eigenvalue weighted by molar-refractivity contribution is 8.14. The van der Waals surface area contributed by atoms with E-state index in [9.17, 15) is 9.59 Å². The Labute approximate surface area is 131 Å². The first-order valence-corrected chi connectivity index (χ1v) is 7.68. The molecular weight excluding hydrogens is 304 g/mol. The summed E-state index contributed by atoms with van der Waals surface area (Å²) in [5.41, 5.74) is 0.760. The number of hydrogen-bond acceptors (Lipinski definition) is 7. The van der Waals surface area contributed by atoms with E-state index in [2.05, 4.69) is 15.1 Å². The summed E-state index contributed by atoms with van der Waals surface area (Å²) < 4.78 is 5.19. The quantitative estimate of drug-likeness (QED) is 0.844. The molecule has 1 atom stereocenters. The highest BCUT2D eigenvalue weighted by atomic mass is 32.2. The fraction of sp³-hybridized carbons (Fsp3) is 0.357. The molecule has 114 valence electrons. The van der Waals surface area contributed by atoms with Crippen molar-refractivity contribution >= 4 is 22.8 Å². The van der Waals surface area contributed by atoms with Crippen molar-refractivity contribution in [2.45, 2.75) is 25.1 Å². The van der Waals surface area contributed by atoms with Gasteiger partial charge in [0, 0.05) is 43.1 Å². The van der Waals surface area contributed by atoms with Crippen LogP contribution in [0.5, 0.6) is 0 Å². The number of aromatic nitrogens is 3. The largest absolute Gasteiger partial charge is 0.337 e. The van der Waals surface area contributed by atoms with Gasteiger partial charge in [-0.2, -0.15) is 4.98 Å². The second kappa shape index (κ2) is 6.27. The van der Waals surface area contributed by atoms with E-state index in [4.69, 9.17) is 4.52 Å². The number of amides is 1. The van der Waals surface area contributed by atoms with Crippen molar-refractivity contribution in [1.82, 2.24) is 20.0 Å². The number of pyridine rings is 1. The van der Waals surface area contributed by atoms with E-state index in [-0.39, 0.29) is 22.8 Å². The van der Waals surface area contributed by atoms with Crippen LogP contribution in [0.1, 0.15) is 19.2 Å². The van der Waals surface area contributed by atoms with Gasteiger partial charge in [-0.05, 0) is 12.1 Å². The lowest BCUT2D eigenvalue weighted by Crippen LogP contribution is -2.25. The zero-order valence-electron chi connectivity index (χ0n) is 11.9. The molecule has 2 aromatic heterocycles. The molecule has 0 N–H and O–H groups in total. The molecule has 1 fully saturated rings. The topological polar surface area (TPSA) is 89.2 Å². The molecule has 22 heavy (non-hydrogen) atoms. The van der Waals surface area contributed by atoms with Gasteiger partial charge in [-0.15, -0.1) is 0 Å². The summed E-state index contributed by atoms with van der Waals surface area (Å²) in [6.07, 6.45) is 3.68. The highest BCUT2D eigenvalue weighted by Gasteiger charge is 2.32. The van der Waals surface area contributed by atoms with Gasteiger partial charge in [-0.25, -0.2) is 0 Å². The van der Waals surface area contributed by atoms with Crippen LogP contribution in [0.3, 0.4) is 0 Å². The first-order valence-electron chi connectivity index (χ1n) is 6.80. The van der Waals surface area contributed by atoms with Crippen LogP contribution in [-0.2, 0) is 16.1 Å². The van der Waals surface area contributed by atoms with Crippen LogP contribution in [0.4, 0.5) is 0 Å². The van der Waals surface area contributed by atoms with Crippen LogP contribution in [0, 0.1) is 0 Å². The Balaban J connectivity index is 1.66. The second-order valence-corrected chi connectivity index (χ2v) is 6.44. The molecule has 1 saturated heterocycles. The van der Waals surface area contributed by atoms with Crippen LogP contribution in [0.25, 0.3) is 11.4 Å². The Morgan fingerprint density at radius 2 is 2.41 bits per heavy atom. The van der Waals surface area contributed by atoms with E-state index in [1.54, 1.807) is 23.4 Å². The summed E-state index contributed by atoms with van der Waals surface area (Å²) in [4.78, 5) is 33.0. The van der Waals surface area contributed by atoms with Crippen LogP contribution < -0.4 is 0 Å². The van der Waals surface area contributed by atoms with Gasteiger partial charge in [0.25, 0.3) is 0 Å². The van der Waals surface area contributed by atoms with Gasteiger partial charge in [-0.1, -0.05) is 16.9 Å². The standard InChI is InChI=1S/C14H14N4O3S/c1-9(19)22-11-5-13(20)18(7-11)8-12-16-14(17-21-12)10-3-2-4-15-6-10/h2-4,6,11H,5,7-8H2,1H3. The maximum absolute atomic E-state index is 11.9. The monoisotopic (exact) mass is 318 g/mol. The van der Waals surface area contributed by atoms with Crippen molar-refractivity contribution in [2.24, 2.45) is 0 Å². The fourth-order valence-electron chi connectivity index (χ4n) is 2.30. The summed E-state index contributed by atoms with van der Waals surface area (Å²) in [6, 6.07) is 3.63. The van der Waals surface area contributed by atoms with Gasteiger partial charge in [-0.3, -0.25) is 14.6 Å². The van der Waals surface area contributed by atoms with Gasteiger partial charge >= 0.3 is 0 Å². The molecule has 0 radical (unpaired) electrons. The number of likely N-dealkylation sites (tertiary alicyclic amines) is 1. The lowest BCUT2D eigenvalue weighted by Gasteiger charge is -2.13. The van der Waals surface area contributed by atoms with E-state index < -0.39 is 0 Å². The molecule has 0 spiro atoms. The van der Waals surface area contributed by atoms with Crippen molar-refractivity contribution in [3.8, 4) is 11.4 Å². The van der Waals surface area contributed by atoms with Gasteiger partial charge in [0.2, 0.25) is 17.6 Å². The summed E-state index contributed by atoms with van der Waals surface area (Å²) >= 11 is 1.21. The molecule has 3 rings (SSSR count). The SMILES string of the molecule is CC(=O)SC1CC(=O)N(Cc2nc(-c3cccnc3)no2)C1. The predicted molar refractivity (Wildman–Crippen MR) is 79.6 cm³/mol. The van der Waals surface area contributed by atoms with Crippen LogP contribution in [0.15, 0.2) is 29.0 Å². The Bertz CT molecular complexity index is 688. The average molecular weight is 318 g/mol. The minimum absolute atomic E-state index is 0.000113. The van der Waals surface area contributed by atoms with Gasteiger partial charge in [0.05, 0.1) is 0 Å². The molecule has 0 saturated carbocycles. The molecule has 0 aromatic carbocycles. The maximum Gasteiger partial charge on any atom is 0.246 e. The lowest BCUT2D eigenvalue weighted by molar-refractivity contribution is -0.128. The average Bonchev–Trinajstić information content (AvgIpc) is 3.07. The highest BCUT2D eigenvalue weighted by Crippen LogP contribution is 2.25. The Morgan fingerprint density at radius 3 is 3.14 bits per heavy atom. The Morgan fingerprint density at radius 1 is 1.55 bits per heavy atom. The van der Waals surface area contributed by atoms with Crippen LogP contribution >= 0.6 is 11.8 Å². The predicted octanol–water partition coefficient (Wildman–Crippen LogP) is 1.51. The summed E-state index contributed by atoms with van der Waals surface area (Å²) in [6.45, 7) is 2.30. The zero-order chi connectivity index (χ0) is 15.5. The van der Waals surface area contributed by atoms with Crippen molar-refractivity contribution in [1.29, 1.82) is 0 Å². The molecule has 7 nitrogen and oxygen atoms in total. The van der Waals surface area contributed by atoms with E-state index in [0.29, 0.717) is 24.7 Å². The number of carbonyl (C=O) groups is 2. The number of nitrogens with zero attached hydrogens (tertiary/aromatic N) is 4. The summed E-state index contributed by atoms with van der Waals surface area (Å²) in [5.74, 6) is 0.824. The van der Waals surface area contributed by atoms with E-state index >= 15 is 0 Å². The van der Waals surface area contributed by atoms with Crippen LogP contribution in [-0.4, -0.2) is 42.8 Å². The molecule has 0 aliphatic carbocycles. The number of thioether (sulfide) groups is 1. The number of rotatable bonds is 4. The van der Waals surface area contributed by atoms with Crippen molar-refractivity contribution in [3.05, 3.63) is 30.4 Å². The maximum atomic E-state index is 11.9. The van der Waals surface area contributed by atoms with E-state index in [1.807, 2.05) is 6.07 Å². The third-order valence-electron chi connectivity index (χ3n) is 3.23. The number of carbonyl (C=O) groups excluding carboxylic acids is 2. The van der Waals surface area contributed by atoms with Crippen molar-refractivity contribution in [3.63, 3.8) is 0 Å². The van der Waals surface area contributed by atoms with E-state index in [1.165, 1.54) is 18.7 Å². The zero-order valence-corrected chi connectivity index (χ0v) is 12.7. The minimum Gasteiger partial charge on any atom is -0.337 e. The van der Waals surface area contributed by atoms with Gasteiger partial charge < -0.3 is 9.42 Å². The number of hydrogen-bond donors (Lipinski definition) is 0. The molecule has 1 unspecified atom stereocenters. The first-order chi connectivity index (χ1) is 10.6. The molecule has 2 aromatic rings. The third-order valence-corrected chi connectivity index (χ3v) is 4.21. The first kappa shape index (κ1) is 14.7. The lowest BCUT2D eigenvalue weighted by atomic mass is 10.3. The molecule has 1 aliphatic heterocycles. The molecular formula is C14H14N4O3S. The normalized spacial score (nSPS) is 18.0.